The molecule has 1 heterocycles. The highest BCUT2D eigenvalue weighted by molar-refractivity contribution is 7.79. The van der Waals surface area contributed by atoms with E-state index in [-0.39, 0.29) is 23.8 Å². The minimum Gasteiger partial charge on any atom is -0.472 e. The molecule has 1 unspecified atom stereocenters. The largest absolute Gasteiger partial charge is 0.472 e. The van der Waals surface area contributed by atoms with E-state index in [4.69, 9.17) is 16.3 Å². The molecule has 3 aromatic rings. The predicted octanol–water partition coefficient (Wildman–Crippen LogP) is 3.41. The summed E-state index contributed by atoms with van der Waals surface area (Å²) >= 11 is 3.83. The first-order valence-electron chi connectivity index (χ1n) is 8.30. The van der Waals surface area contributed by atoms with Crippen LogP contribution < -0.4 is 10.1 Å². The van der Waals surface area contributed by atoms with Crippen LogP contribution in [-0.2, 0) is 36.0 Å². The van der Waals surface area contributed by atoms with Crippen molar-refractivity contribution in [3.63, 3.8) is 0 Å². The number of aromatic nitrogens is 2. The van der Waals surface area contributed by atoms with Crippen molar-refractivity contribution in [1.29, 1.82) is 0 Å². The van der Waals surface area contributed by atoms with Crippen molar-refractivity contribution in [2.24, 2.45) is 7.05 Å². The summed E-state index contributed by atoms with van der Waals surface area (Å²) in [5.74, 6) is 0.134. The second kappa shape index (κ2) is 9.01. The van der Waals surface area contributed by atoms with Gasteiger partial charge in [-0.3, -0.25) is 4.79 Å². The molecule has 0 saturated carbocycles. The molecule has 3 rings (SSSR count). The molecule has 2 N–H and O–H groups in total. The SMILES string of the molecule is Cn1cnc(OCc2ccc(NC(=O)Cc3ccccc3Cl)cc2S(=O)O)c1. The van der Waals surface area contributed by atoms with E-state index in [1.54, 1.807) is 53.5 Å². The summed E-state index contributed by atoms with van der Waals surface area (Å²) in [4.78, 5) is 16.5. The van der Waals surface area contributed by atoms with Crippen LogP contribution in [0, 0.1) is 0 Å². The number of halogens is 1. The van der Waals surface area contributed by atoms with E-state index < -0.39 is 11.1 Å². The Hall–Kier alpha value is -2.68. The lowest BCUT2D eigenvalue weighted by atomic mass is 10.1. The number of amides is 1. The second-order valence-corrected chi connectivity index (χ2v) is 7.40. The van der Waals surface area contributed by atoms with Crippen LogP contribution in [0.25, 0.3) is 0 Å². The van der Waals surface area contributed by atoms with Crippen molar-refractivity contribution in [3.8, 4) is 5.88 Å². The van der Waals surface area contributed by atoms with E-state index >= 15 is 0 Å². The number of carbonyl (C=O) groups is 1. The fourth-order valence-corrected chi connectivity index (χ4v) is 3.33. The molecule has 0 bridgehead atoms. The number of ether oxygens (including phenoxy) is 1. The number of nitrogens with one attached hydrogen (secondary N) is 1. The van der Waals surface area contributed by atoms with Gasteiger partial charge in [-0.25, -0.2) is 9.19 Å². The van der Waals surface area contributed by atoms with Crippen molar-refractivity contribution >= 4 is 34.3 Å². The zero-order valence-electron chi connectivity index (χ0n) is 15.0. The number of anilines is 1. The zero-order chi connectivity index (χ0) is 20.1. The van der Waals surface area contributed by atoms with Crippen LogP contribution in [0.3, 0.4) is 0 Å². The maximum atomic E-state index is 12.3. The van der Waals surface area contributed by atoms with Gasteiger partial charge in [0.2, 0.25) is 11.8 Å². The Morgan fingerprint density at radius 1 is 1.29 bits per heavy atom. The minimum absolute atomic E-state index is 0.0759. The smallest absolute Gasteiger partial charge is 0.231 e. The first kappa shape index (κ1) is 20.1. The first-order valence-corrected chi connectivity index (χ1v) is 9.78. The van der Waals surface area contributed by atoms with Gasteiger partial charge < -0.3 is 19.2 Å². The number of aryl methyl sites for hydroxylation is 1. The normalized spacial score (nSPS) is 11.8. The Morgan fingerprint density at radius 3 is 2.75 bits per heavy atom. The lowest BCUT2D eigenvalue weighted by Crippen LogP contribution is -2.15. The van der Waals surface area contributed by atoms with Gasteiger partial charge in [0.15, 0.2) is 11.1 Å². The standard InChI is InChI=1S/C19H18ClN3O4S/c1-23-10-19(21-12-23)27-11-14-6-7-15(9-17(14)28(25)26)22-18(24)8-13-4-2-3-5-16(13)20/h2-7,9-10,12H,8,11H2,1H3,(H,22,24)(H,25,26). The van der Waals surface area contributed by atoms with Gasteiger partial charge in [-0.15, -0.1) is 0 Å². The van der Waals surface area contributed by atoms with E-state index in [9.17, 15) is 13.6 Å². The van der Waals surface area contributed by atoms with Gasteiger partial charge in [0, 0.05) is 23.3 Å². The highest BCUT2D eigenvalue weighted by Gasteiger charge is 2.13. The fraction of sp³-hybridized carbons (Fsp3) is 0.158. The summed E-state index contributed by atoms with van der Waals surface area (Å²) < 4.78 is 28.6. The quantitative estimate of drug-likeness (QED) is 0.572. The van der Waals surface area contributed by atoms with Crippen LogP contribution in [0.1, 0.15) is 11.1 Å². The van der Waals surface area contributed by atoms with E-state index in [1.807, 2.05) is 7.05 Å². The Kier molecular flexibility index (Phi) is 6.45. The summed E-state index contributed by atoms with van der Waals surface area (Å²) in [6, 6.07) is 11.8. The molecule has 0 radical (unpaired) electrons. The molecule has 28 heavy (non-hydrogen) atoms. The van der Waals surface area contributed by atoms with Gasteiger partial charge in [-0.2, -0.15) is 0 Å². The van der Waals surface area contributed by atoms with Crippen molar-refractivity contribution in [2.75, 3.05) is 5.32 Å². The zero-order valence-corrected chi connectivity index (χ0v) is 16.5. The third kappa shape index (κ3) is 5.19. The molecule has 0 fully saturated rings. The van der Waals surface area contributed by atoms with Crippen LogP contribution >= 0.6 is 11.6 Å². The van der Waals surface area contributed by atoms with Crippen LogP contribution in [0.5, 0.6) is 5.88 Å². The minimum atomic E-state index is -2.24. The monoisotopic (exact) mass is 419 g/mol. The van der Waals surface area contributed by atoms with Crippen LogP contribution in [0.4, 0.5) is 5.69 Å². The Balaban J connectivity index is 1.70. The molecule has 0 aliphatic rings. The summed E-state index contributed by atoms with van der Waals surface area (Å²) in [7, 11) is 1.81. The molecular weight excluding hydrogens is 402 g/mol. The molecule has 0 aliphatic carbocycles. The number of hydrogen-bond acceptors (Lipinski definition) is 4. The molecule has 0 saturated heterocycles. The van der Waals surface area contributed by atoms with Crippen molar-refractivity contribution < 1.29 is 18.3 Å². The van der Waals surface area contributed by atoms with E-state index in [0.717, 1.165) is 0 Å². The molecule has 1 aromatic heterocycles. The van der Waals surface area contributed by atoms with Gasteiger partial charge in [-0.1, -0.05) is 35.9 Å². The predicted molar refractivity (Wildman–Crippen MR) is 107 cm³/mol. The molecular formula is C19H18ClN3O4S. The Labute approximate surface area is 169 Å². The average molecular weight is 420 g/mol. The molecule has 1 amide bonds. The summed E-state index contributed by atoms with van der Waals surface area (Å²) in [6.07, 6.45) is 3.39. The lowest BCUT2D eigenvalue weighted by Gasteiger charge is -2.11. The van der Waals surface area contributed by atoms with Crippen LogP contribution in [0.15, 0.2) is 59.9 Å². The molecule has 2 aromatic carbocycles. The number of carbonyl (C=O) groups excluding carboxylic acids is 1. The van der Waals surface area contributed by atoms with Gasteiger partial charge in [0.25, 0.3) is 0 Å². The number of benzene rings is 2. The highest BCUT2D eigenvalue weighted by atomic mass is 35.5. The van der Waals surface area contributed by atoms with Gasteiger partial charge in [-0.05, 0) is 23.8 Å². The lowest BCUT2D eigenvalue weighted by molar-refractivity contribution is -0.115. The number of hydrogen-bond donors (Lipinski definition) is 2. The Bertz CT molecular complexity index is 1020. The maximum Gasteiger partial charge on any atom is 0.231 e. The van der Waals surface area contributed by atoms with E-state index in [1.165, 1.54) is 6.07 Å². The maximum absolute atomic E-state index is 12.3. The molecule has 146 valence electrons. The van der Waals surface area contributed by atoms with Crippen LogP contribution in [0.2, 0.25) is 5.02 Å². The van der Waals surface area contributed by atoms with Gasteiger partial charge in [0.1, 0.15) is 6.61 Å². The van der Waals surface area contributed by atoms with Crippen molar-refractivity contribution in [2.45, 2.75) is 17.9 Å². The molecule has 1 atom stereocenters. The number of rotatable bonds is 7. The molecule has 7 nitrogen and oxygen atoms in total. The fourth-order valence-electron chi connectivity index (χ4n) is 2.55. The number of nitrogens with zero attached hydrogens (tertiary/aromatic N) is 2. The van der Waals surface area contributed by atoms with E-state index in [2.05, 4.69) is 10.3 Å². The van der Waals surface area contributed by atoms with Crippen LogP contribution in [-0.4, -0.2) is 24.2 Å². The Morgan fingerprint density at radius 2 is 2.07 bits per heavy atom. The highest BCUT2D eigenvalue weighted by Crippen LogP contribution is 2.22. The van der Waals surface area contributed by atoms with Gasteiger partial charge in [0.05, 0.1) is 23.8 Å². The molecule has 0 aliphatic heterocycles. The van der Waals surface area contributed by atoms with Gasteiger partial charge >= 0.3 is 0 Å². The third-order valence-corrected chi connectivity index (χ3v) is 5.03. The second-order valence-electron chi connectivity index (χ2n) is 6.05. The average Bonchev–Trinajstić information content (AvgIpc) is 3.07. The summed E-state index contributed by atoms with van der Waals surface area (Å²) in [5, 5.41) is 3.23. The number of imidazole rings is 1. The summed E-state index contributed by atoms with van der Waals surface area (Å²) in [6.45, 7) is 0.0759. The van der Waals surface area contributed by atoms with Crippen molar-refractivity contribution in [3.05, 3.63) is 71.1 Å². The first-order chi connectivity index (χ1) is 13.4. The van der Waals surface area contributed by atoms with Crippen molar-refractivity contribution in [1.82, 2.24) is 9.55 Å². The summed E-state index contributed by atoms with van der Waals surface area (Å²) in [5.41, 5.74) is 1.64. The molecule has 9 heteroatoms. The third-order valence-electron chi connectivity index (χ3n) is 3.90. The molecule has 0 spiro atoms. The van der Waals surface area contributed by atoms with E-state index in [0.29, 0.717) is 27.7 Å². The topological polar surface area (TPSA) is 93.5 Å².